The van der Waals surface area contributed by atoms with Gasteiger partial charge in [-0.1, -0.05) is 29.2 Å². The van der Waals surface area contributed by atoms with E-state index in [1.54, 1.807) is 6.92 Å². The van der Waals surface area contributed by atoms with Crippen LogP contribution in [0.4, 0.5) is 0 Å². The van der Waals surface area contributed by atoms with Crippen LogP contribution in [0.3, 0.4) is 0 Å². The summed E-state index contributed by atoms with van der Waals surface area (Å²) in [6.45, 7) is 5.88. The largest absolute Gasteiger partial charge is 1.00 e. The smallest absolute Gasteiger partial charge is 0.748 e. The first-order valence-electron chi connectivity index (χ1n) is 9.92. The van der Waals surface area contributed by atoms with Gasteiger partial charge in [-0.25, -0.2) is 8.42 Å². The minimum absolute atomic E-state index is 0. The van der Waals surface area contributed by atoms with Gasteiger partial charge in [-0.3, -0.25) is 18.9 Å². The molecule has 12 nitrogen and oxygen atoms in total. The first kappa shape index (κ1) is 45.4. The van der Waals surface area contributed by atoms with Crippen LogP contribution in [0.15, 0.2) is 0 Å². The molecule has 5 atom stereocenters. The number of carbonyl (C=O) groups is 3. The van der Waals surface area contributed by atoms with E-state index in [9.17, 15) is 47.0 Å². The molecule has 0 bridgehead atoms. The number of rotatable bonds is 14. The van der Waals surface area contributed by atoms with Gasteiger partial charge in [-0.2, -0.15) is 0 Å². The molecule has 0 heterocycles. The van der Waals surface area contributed by atoms with Gasteiger partial charge in [-0.05, 0) is 40.0 Å². The monoisotopic (exact) mass is 573 g/mol. The number of esters is 1. The number of ether oxygens (including phenoxy) is 1. The van der Waals surface area contributed by atoms with E-state index < -0.39 is 83.3 Å². The number of carbonyl (C=O) groups excluding carboxylic acids is 2. The Kier molecular flexibility index (Phi) is 23.6. The molecule has 0 aromatic rings. The molecule has 1 amide bonds. The van der Waals surface area contributed by atoms with E-state index in [4.69, 9.17) is 4.74 Å². The fourth-order valence-electron chi connectivity index (χ4n) is 3.07. The van der Waals surface area contributed by atoms with Crippen LogP contribution in [0.2, 0.25) is 0 Å². The molecule has 36 heavy (non-hydrogen) atoms. The summed E-state index contributed by atoms with van der Waals surface area (Å²) < 4.78 is 50.5. The van der Waals surface area contributed by atoms with Crippen LogP contribution in [0.5, 0.6) is 0 Å². The van der Waals surface area contributed by atoms with Crippen molar-refractivity contribution in [3.63, 3.8) is 0 Å². The SMILES string of the molecule is C.C.C.CCC(CC(CC(C(=O)OCC(C)O)P(C)(=O)O)C(=O)NC(C)(C)CS(=O)(=O)[O-])C(=O)O.[Na+]. The fraction of sp³-hybridized carbons (Fsp3) is 0.857. The first-order valence-corrected chi connectivity index (χ1v) is 13.7. The number of aliphatic hydroxyl groups is 1. The summed E-state index contributed by atoms with van der Waals surface area (Å²) >= 11 is 0. The number of hydrogen-bond acceptors (Lipinski definition) is 9. The Hall–Kier alpha value is -0.530. The van der Waals surface area contributed by atoms with E-state index in [0.717, 1.165) is 6.66 Å². The average Bonchev–Trinajstić information content (AvgIpc) is 2.55. The third-order valence-corrected chi connectivity index (χ3v) is 7.26. The molecule has 5 unspecified atom stereocenters. The van der Waals surface area contributed by atoms with Crippen molar-refractivity contribution in [2.75, 3.05) is 19.0 Å². The summed E-state index contributed by atoms with van der Waals surface area (Å²) in [5, 5.41) is 21.0. The van der Waals surface area contributed by atoms with Gasteiger partial charge >= 0.3 is 41.5 Å². The van der Waals surface area contributed by atoms with Crippen molar-refractivity contribution in [2.45, 2.75) is 86.5 Å². The van der Waals surface area contributed by atoms with Gasteiger partial charge in [0.1, 0.15) is 12.3 Å². The average molecular weight is 574 g/mol. The van der Waals surface area contributed by atoms with E-state index >= 15 is 0 Å². The summed E-state index contributed by atoms with van der Waals surface area (Å²) in [5.74, 6) is -6.48. The standard InChI is InChI=1S/C18H34NO11PS.3CH4.Na/c1-6-12(16(22)23)7-13(15(21)19-18(3,4)10-32(27,28)29)8-14(31(5,25)26)17(24)30-9-11(2)20;;;;/h11-14,20H,6-10H2,1-5H3,(H,19,21)(H,22,23)(H,25,26)(H,27,28,29);3*1H4;/q;;;;+1/p-1. The van der Waals surface area contributed by atoms with Gasteiger partial charge in [-0.15, -0.1) is 0 Å². The molecule has 0 radical (unpaired) electrons. The molecule has 0 aromatic heterocycles. The molecule has 212 valence electrons. The Bertz CT molecular complexity index is 828. The Morgan fingerprint density at radius 3 is 1.92 bits per heavy atom. The van der Waals surface area contributed by atoms with Crippen LogP contribution in [0.25, 0.3) is 0 Å². The van der Waals surface area contributed by atoms with Crippen molar-refractivity contribution >= 4 is 35.3 Å². The van der Waals surface area contributed by atoms with Crippen LogP contribution in [-0.2, 0) is 33.8 Å². The Morgan fingerprint density at radius 2 is 1.58 bits per heavy atom. The second kappa shape index (κ2) is 18.7. The zero-order valence-corrected chi connectivity index (χ0v) is 23.5. The molecule has 0 aromatic carbocycles. The summed E-state index contributed by atoms with van der Waals surface area (Å²) in [6.07, 6.45) is -1.78. The van der Waals surface area contributed by atoms with E-state index in [-0.39, 0.29) is 64.7 Å². The topological polar surface area (TPSA) is 207 Å². The third-order valence-electron chi connectivity index (χ3n) is 4.61. The summed E-state index contributed by atoms with van der Waals surface area (Å²) in [4.78, 5) is 46.8. The predicted octanol–water partition coefficient (Wildman–Crippen LogP) is -0.961. The number of aliphatic hydroxyl groups excluding tert-OH is 1. The maximum atomic E-state index is 12.9. The van der Waals surface area contributed by atoms with Crippen LogP contribution < -0.4 is 34.9 Å². The molecule has 0 spiro atoms. The molecular formula is C21H45NNaO11PS. The van der Waals surface area contributed by atoms with Crippen molar-refractivity contribution in [3.05, 3.63) is 0 Å². The minimum Gasteiger partial charge on any atom is -0.748 e. The van der Waals surface area contributed by atoms with E-state index in [2.05, 4.69) is 5.32 Å². The number of aliphatic carboxylic acids is 1. The van der Waals surface area contributed by atoms with E-state index in [0.29, 0.717) is 0 Å². The molecule has 0 saturated heterocycles. The minimum atomic E-state index is -4.71. The first-order chi connectivity index (χ1) is 14.3. The number of amides is 1. The maximum absolute atomic E-state index is 12.9. The zero-order valence-electron chi connectivity index (χ0n) is 19.8. The van der Waals surface area contributed by atoms with Gasteiger partial charge in [0.15, 0.2) is 0 Å². The molecule has 0 fully saturated rings. The maximum Gasteiger partial charge on any atom is 1.00 e. The third kappa shape index (κ3) is 18.7. The van der Waals surface area contributed by atoms with Crippen LogP contribution >= 0.6 is 7.37 Å². The predicted molar refractivity (Wildman–Crippen MR) is 133 cm³/mol. The molecule has 0 saturated carbocycles. The molecule has 0 aliphatic rings. The van der Waals surface area contributed by atoms with Crippen LogP contribution in [-0.4, -0.2) is 82.2 Å². The second-order valence-corrected chi connectivity index (χ2v) is 12.5. The van der Waals surface area contributed by atoms with Crippen molar-refractivity contribution in [1.29, 1.82) is 0 Å². The quantitative estimate of drug-likeness (QED) is 0.0861. The van der Waals surface area contributed by atoms with Crippen molar-refractivity contribution in [1.82, 2.24) is 5.32 Å². The normalized spacial score (nSPS) is 16.0. The van der Waals surface area contributed by atoms with E-state index in [1.807, 2.05) is 0 Å². The van der Waals surface area contributed by atoms with Gasteiger partial charge in [0, 0.05) is 18.1 Å². The Balaban J connectivity index is -0.000000801. The van der Waals surface area contributed by atoms with Crippen LogP contribution in [0, 0.1) is 11.8 Å². The second-order valence-electron chi connectivity index (χ2n) is 8.63. The Labute approximate surface area is 238 Å². The molecule has 0 rings (SSSR count). The number of carboxylic acid groups (broad SMARTS) is 1. The molecule has 15 heteroatoms. The van der Waals surface area contributed by atoms with Crippen molar-refractivity contribution in [2.24, 2.45) is 11.8 Å². The molecule has 4 N–H and O–H groups in total. The van der Waals surface area contributed by atoms with Gasteiger partial charge in [0.05, 0.1) is 27.9 Å². The fourth-order valence-corrected chi connectivity index (χ4v) is 5.13. The van der Waals surface area contributed by atoms with Gasteiger partial charge in [0.25, 0.3) is 0 Å². The number of nitrogens with one attached hydrogen (secondary N) is 1. The van der Waals surface area contributed by atoms with Gasteiger partial charge in [0.2, 0.25) is 13.3 Å². The van der Waals surface area contributed by atoms with E-state index in [1.165, 1.54) is 20.8 Å². The molecular weight excluding hydrogens is 528 g/mol. The summed E-state index contributed by atoms with van der Waals surface area (Å²) in [6, 6.07) is 0. The molecule has 0 aliphatic carbocycles. The van der Waals surface area contributed by atoms with Crippen LogP contribution in [0.1, 0.15) is 69.2 Å². The van der Waals surface area contributed by atoms with Crippen molar-refractivity contribution < 1.29 is 81.3 Å². The van der Waals surface area contributed by atoms with Gasteiger partial charge < -0.3 is 29.7 Å². The summed E-state index contributed by atoms with van der Waals surface area (Å²) in [7, 11) is -8.89. The Morgan fingerprint density at radius 1 is 1.11 bits per heavy atom. The number of carboxylic acids is 1. The molecule has 0 aliphatic heterocycles. The summed E-state index contributed by atoms with van der Waals surface area (Å²) in [5.41, 5.74) is -3.20. The zero-order chi connectivity index (χ0) is 25.5. The number of hydrogen-bond donors (Lipinski definition) is 4. The van der Waals surface area contributed by atoms with Crippen molar-refractivity contribution in [3.8, 4) is 0 Å².